The average Bonchev–Trinajstić information content (AvgIpc) is 3.00. The second-order valence-electron chi connectivity index (χ2n) is 4.91. The molecule has 0 spiro atoms. The number of methoxy groups -OCH3 is 1. The Kier molecular flexibility index (Phi) is 3.12. The van der Waals surface area contributed by atoms with Gasteiger partial charge in [-0.2, -0.15) is 0 Å². The maximum absolute atomic E-state index is 5.38. The van der Waals surface area contributed by atoms with Crippen molar-refractivity contribution in [2.45, 2.75) is 38.6 Å². The van der Waals surface area contributed by atoms with Crippen molar-refractivity contribution in [3.63, 3.8) is 0 Å². The number of anilines is 1. The Labute approximate surface area is 111 Å². The third-order valence-corrected chi connectivity index (χ3v) is 4.73. The molecule has 1 aromatic carbocycles. The lowest BCUT2D eigenvalue weighted by molar-refractivity contribution is 0.419. The number of nitrogens with zero attached hydrogens (tertiary/aromatic N) is 1. The molecule has 1 heterocycles. The first-order valence-electron chi connectivity index (χ1n) is 6.48. The summed E-state index contributed by atoms with van der Waals surface area (Å²) in [4.78, 5) is 4.69. The summed E-state index contributed by atoms with van der Waals surface area (Å²) in [6, 6.07) is 4.70. The molecule has 3 rings (SSSR count). The Morgan fingerprint density at radius 2 is 2.11 bits per heavy atom. The second kappa shape index (κ2) is 4.76. The molecule has 0 bridgehead atoms. The first kappa shape index (κ1) is 11.8. The van der Waals surface area contributed by atoms with Crippen LogP contribution in [0.2, 0.25) is 0 Å². The van der Waals surface area contributed by atoms with Crippen LogP contribution in [0, 0.1) is 6.92 Å². The molecular formula is C14H18N2OS. The average molecular weight is 262 g/mol. The Bertz CT molecular complexity index is 558. The number of fused-ring (bicyclic) bond motifs is 1. The highest BCUT2D eigenvalue weighted by Gasteiger charge is 2.17. The predicted molar refractivity (Wildman–Crippen MR) is 76.8 cm³/mol. The van der Waals surface area contributed by atoms with Gasteiger partial charge in [-0.15, -0.1) is 0 Å². The molecule has 4 heteroatoms. The van der Waals surface area contributed by atoms with Crippen LogP contribution in [0.25, 0.3) is 10.2 Å². The standard InChI is InChI=1S/C14H18N2OS/c1-9-7-8-11(17-2)12-13(9)18-14(16-12)15-10-5-3-4-6-10/h7-8,10H,3-6H2,1-2H3,(H,15,16). The normalized spacial score (nSPS) is 16.3. The molecule has 0 radical (unpaired) electrons. The summed E-state index contributed by atoms with van der Waals surface area (Å²) < 4.78 is 6.61. The van der Waals surface area contributed by atoms with Crippen molar-refractivity contribution in [1.29, 1.82) is 0 Å². The van der Waals surface area contributed by atoms with Gasteiger partial charge in [0.25, 0.3) is 0 Å². The molecular weight excluding hydrogens is 244 g/mol. The molecule has 0 aliphatic heterocycles. The molecule has 0 amide bonds. The van der Waals surface area contributed by atoms with Gasteiger partial charge >= 0.3 is 0 Å². The van der Waals surface area contributed by atoms with Crippen LogP contribution in [0.1, 0.15) is 31.2 Å². The summed E-state index contributed by atoms with van der Waals surface area (Å²) in [5.74, 6) is 0.867. The van der Waals surface area contributed by atoms with Gasteiger partial charge in [0.05, 0.1) is 11.8 Å². The van der Waals surface area contributed by atoms with E-state index in [2.05, 4.69) is 18.3 Å². The van der Waals surface area contributed by atoms with Crippen LogP contribution in [-0.2, 0) is 0 Å². The fourth-order valence-electron chi connectivity index (χ4n) is 2.58. The molecule has 0 atom stereocenters. The number of ether oxygens (including phenoxy) is 1. The van der Waals surface area contributed by atoms with E-state index < -0.39 is 0 Å². The van der Waals surface area contributed by atoms with Gasteiger partial charge in [-0.1, -0.05) is 30.2 Å². The number of hydrogen-bond acceptors (Lipinski definition) is 4. The number of thiazole rings is 1. The summed E-state index contributed by atoms with van der Waals surface area (Å²) >= 11 is 1.74. The highest BCUT2D eigenvalue weighted by Crippen LogP contribution is 2.35. The maximum atomic E-state index is 5.38. The van der Waals surface area contributed by atoms with Gasteiger partial charge < -0.3 is 10.1 Å². The van der Waals surface area contributed by atoms with Crippen molar-refractivity contribution in [1.82, 2.24) is 4.98 Å². The first-order valence-corrected chi connectivity index (χ1v) is 7.30. The molecule has 3 nitrogen and oxygen atoms in total. The van der Waals surface area contributed by atoms with Crippen LogP contribution in [0.15, 0.2) is 12.1 Å². The van der Waals surface area contributed by atoms with Crippen molar-refractivity contribution >= 4 is 26.7 Å². The van der Waals surface area contributed by atoms with Gasteiger partial charge in [0.2, 0.25) is 0 Å². The summed E-state index contributed by atoms with van der Waals surface area (Å²) in [5.41, 5.74) is 2.26. The smallest absolute Gasteiger partial charge is 0.184 e. The van der Waals surface area contributed by atoms with Crippen molar-refractivity contribution in [2.24, 2.45) is 0 Å². The Hall–Kier alpha value is -1.29. The van der Waals surface area contributed by atoms with E-state index in [0.717, 1.165) is 16.4 Å². The van der Waals surface area contributed by atoms with Crippen LogP contribution in [-0.4, -0.2) is 18.1 Å². The first-order chi connectivity index (χ1) is 8.78. The van der Waals surface area contributed by atoms with Crippen LogP contribution in [0.3, 0.4) is 0 Å². The molecule has 1 saturated carbocycles. The van der Waals surface area contributed by atoms with Crippen LogP contribution >= 0.6 is 11.3 Å². The van der Waals surface area contributed by atoms with Crippen LogP contribution < -0.4 is 10.1 Å². The van der Waals surface area contributed by atoms with Gasteiger partial charge in [0.1, 0.15) is 11.3 Å². The van der Waals surface area contributed by atoms with E-state index in [1.807, 2.05) is 6.07 Å². The topological polar surface area (TPSA) is 34.1 Å². The number of rotatable bonds is 3. The van der Waals surface area contributed by atoms with Gasteiger partial charge in [-0.05, 0) is 31.4 Å². The summed E-state index contributed by atoms with van der Waals surface area (Å²) in [6.45, 7) is 2.12. The lowest BCUT2D eigenvalue weighted by Gasteiger charge is -2.09. The van der Waals surface area contributed by atoms with E-state index >= 15 is 0 Å². The predicted octanol–water partition coefficient (Wildman–Crippen LogP) is 3.97. The molecule has 2 aromatic rings. The SMILES string of the molecule is COc1ccc(C)c2sc(NC3CCCC3)nc12. The van der Waals surface area contributed by atoms with Crippen LogP contribution in [0.4, 0.5) is 5.13 Å². The molecule has 1 fully saturated rings. The second-order valence-corrected chi connectivity index (χ2v) is 5.91. The van der Waals surface area contributed by atoms with Crippen molar-refractivity contribution < 1.29 is 4.74 Å². The molecule has 0 unspecified atom stereocenters. The minimum absolute atomic E-state index is 0.608. The molecule has 18 heavy (non-hydrogen) atoms. The molecule has 1 aliphatic rings. The number of aromatic nitrogens is 1. The van der Waals surface area contributed by atoms with Crippen molar-refractivity contribution in [2.75, 3.05) is 12.4 Å². The monoisotopic (exact) mass is 262 g/mol. The molecule has 1 N–H and O–H groups in total. The maximum Gasteiger partial charge on any atom is 0.184 e. The van der Waals surface area contributed by atoms with Crippen molar-refractivity contribution in [3.05, 3.63) is 17.7 Å². The number of aryl methyl sites for hydroxylation is 1. The summed E-state index contributed by atoms with van der Waals surface area (Å²) in [7, 11) is 1.70. The minimum atomic E-state index is 0.608. The third kappa shape index (κ3) is 2.05. The Morgan fingerprint density at radius 1 is 1.33 bits per heavy atom. The van der Waals surface area contributed by atoms with Crippen molar-refractivity contribution in [3.8, 4) is 5.75 Å². The molecule has 96 valence electrons. The fourth-order valence-corrected chi connectivity index (χ4v) is 3.61. The van der Waals surface area contributed by atoms with E-state index in [4.69, 9.17) is 9.72 Å². The molecule has 0 saturated heterocycles. The third-order valence-electron chi connectivity index (χ3n) is 3.61. The van der Waals surface area contributed by atoms with E-state index in [1.54, 1.807) is 18.4 Å². The molecule has 1 aliphatic carbocycles. The van der Waals surface area contributed by atoms with E-state index in [1.165, 1.54) is 35.9 Å². The van der Waals surface area contributed by atoms with E-state index in [9.17, 15) is 0 Å². The van der Waals surface area contributed by atoms with E-state index in [0.29, 0.717) is 6.04 Å². The zero-order chi connectivity index (χ0) is 12.5. The highest BCUT2D eigenvalue weighted by molar-refractivity contribution is 7.22. The Balaban J connectivity index is 1.96. The highest BCUT2D eigenvalue weighted by atomic mass is 32.1. The zero-order valence-corrected chi connectivity index (χ0v) is 11.6. The fraction of sp³-hybridized carbons (Fsp3) is 0.500. The number of benzene rings is 1. The van der Waals surface area contributed by atoms with Gasteiger partial charge in [0, 0.05) is 6.04 Å². The van der Waals surface area contributed by atoms with Gasteiger partial charge in [-0.3, -0.25) is 0 Å². The minimum Gasteiger partial charge on any atom is -0.494 e. The molecule has 1 aromatic heterocycles. The van der Waals surface area contributed by atoms with Crippen LogP contribution in [0.5, 0.6) is 5.75 Å². The number of hydrogen-bond donors (Lipinski definition) is 1. The quantitative estimate of drug-likeness (QED) is 0.909. The summed E-state index contributed by atoms with van der Waals surface area (Å²) in [6.07, 6.45) is 5.22. The van der Waals surface area contributed by atoms with Gasteiger partial charge in [0.15, 0.2) is 5.13 Å². The zero-order valence-electron chi connectivity index (χ0n) is 10.8. The lowest BCUT2D eigenvalue weighted by atomic mass is 10.2. The van der Waals surface area contributed by atoms with Gasteiger partial charge in [-0.25, -0.2) is 4.98 Å². The lowest BCUT2D eigenvalue weighted by Crippen LogP contribution is -2.13. The largest absolute Gasteiger partial charge is 0.494 e. The van der Waals surface area contributed by atoms with E-state index in [-0.39, 0.29) is 0 Å². The Morgan fingerprint density at radius 3 is 2.83 bits per heavy atom. The summed E-state index contributed by atoms with van der Waals surface area (Å²) in [5, 5.41) is 4.59. The number of nitrogens with one attached hydrogen (secondary N) is 1.